The highest BCUT2D eigenvalue weighted by molar-refractivity contribution is 5.95. The van der Waals surface area contributed by atoms with Gasteiger partial charge in [0.1, 0.15) is 5.69 Å². The van der Waals surface area contributed by atoms with Gasteiger partial charge in [0.25, 0.3) is 5.91 Å². The number of piperidine rings is 1. The fraction of sp³-hybridized carbons (Fsp3) is 0.583. The van der Waals surface area contributed by atoms with Crippen LogP contribution in [0.4, 0.5) is 13.2 Å². The molecule has 0 saturated carbocycles. The number of hydrogen-bond acceptors (Lipinski definition) is 4. The highest BCUT2D eigenvalue weighted by atomic mass is 19.4. The lowest BCUT2D eigenvalue weighted by atomic mass is 10.1. The van der Waals surface area contributed by atoms with E-state index in [2.05, 4.69) is 15.5 Å². The van der Waals surface area contributed by atoms with Crippen LogP contribution in [0.25, 0.3) is 0 Å². The van der Waals surface area contributed by atoms with Crippen molar-refractivity contribution in [1.29, 1.82) is 0 Å². The Kier molecular flexibility index (Phi) is 4.69. The van der Waals surface area contributed by atoms with Gasteiger partial charge in [-0.05, 0) is 19.4 Å². The molecule has 2 heterocycles. The average molecular weight is 320 g/mol. The number of carbonyl (C=O) groups is 2. The van der Waals surface area contributed by atoms with Gasteiger partial charge in [-0.3, -0.25) is 14.8 Å². The van der Waals surface area contributed by atoms with Crippen LogP contribution < -0.4 is 5.32 Å². The molecule has 22 heavy (non-hydrogen) atoms. The summed E-state index contributed by atoms with van der Waals surface area (Å²) in [6.07, 6.45) is -3.16. The smallest absolute Gasteiger partial charge is 0.401 e. The number of likely N-dealkylation sites (tertiary alicyclic amines) is 1. The number of carboxylic acid groups (broad SMARTS) is 1. The first-order valence-electron chi connectivity index (χ1n) is 6.63. The van der Waals surface area contributed by atoms with Gasteiger partial charge in [-0.15, -0.1) is 0 Å². The van der Waals surface area contributed by atoms with E-state index in [9.17, 15) is 22.8 Å². The van der Waals surface area contributed by atoms with Gasteiger partial charge in [0.2, 0.25) is 0 Å². The minimum atomic E-state index is -4.27. The van der Waals surface area contributed by atoms with E-state index in [1.54, 1.807) is 0 Å². The quantitative estimate of drug-likeness (QED) is 0.764. The minimum Gasteiger partial charge on any atom is -0.477 e. The molecule has 3 N–H and O–H groups in total. The van der Waals surface area contributed by atoms with E-state index in [-0.39, 0.29) is 17.9 Å². The number of aromatic amines is 1. The lowest BCUT2D eigenvalue weighted by molar-refractivity contribution is -0.148. The Hall–Kier alpha value is -2.10. The fourth-order valence-electron chi connectivity index (χ4n) is 2.38. The van der Waals surface area contributed by atoms with Crippen molar-refractivity contribution in [1.82, 2.24) is 20.4 Å². The topological polar surface area (TPSA) is 98.3 Å². The molecule has 1 unspecified atom stereocenters. The Bertz CT molecular complexity index is 558. The molecule has 1 aromatic rings. The number of carboxylic acids is 1. The predicted molar refractivity (Wildman–Crippen MR) is 68.5 cm³/mol. The van der Waals surface area contributed by atoms with E-state index in [0.717, 1.165) is 6.07 Å². The lowest BCUT2D eigenvalue weighted by Crippen LogP contribution is -2.50. The van der Waals surface area contributed by atoms with Crippen molar-refractivity contribution < 1.29 is 27.9 Å². The van der Waals surface area contributed by atoms with Crippen LogP contribution in [0.5, 0.6) is 0 Å². The maximum absolute atomic E-state index is 12.4. The third-order valence-corrected chi connectivity index (χ3v) is 3.28. The maximum Gasteiger partial charge on any atom is 0.401 e. The first kappa shape index (κ1) is 16.3. The van der Waals surface area contributed by atoms with Gasteiger partial charge < -0.3 is 10.4 Å². The van der Waals surface area contributed by atoms with E-state index in [1.165, 1.54) is 4.90 Å². The average Bonchev–Trinajstić information content (AvgIpc) is 2.86. The van der Waals surface area contributed by atoms with E-state index in [1.807, 2.05) is 0 Å². The molecular formula is C12H15F3N4O3. The monoisotopic (exact) mass is 320 g/mol. The summed E-state index contributed by atoms with van der Waals surface area (Å²) in [4.78, 5) is 23.8. The van der Waals surface area contributed by atoms with Gasteiger partial charge in [-0.25, -0.2) is 4.79 Å². The summed E-state index contributed by atoms with van der Waals surface area (Å²) >= 11 is 0. The van der Waals surface area contributed by atoms with Crippen LogP contribution in [0.1, 0.15) is 33.8 Å². The van der Waals surface area contributed by atoms with Crippen LogP contribution in [0.2, 0.25) is 0 Å². The Morgan fingerprint density at radius 2 is 2.23 bits per heavy atom. The summed E-state index contributed by atoms with van der Waals surface area (Å²) in [5.74, 6) is -1.86. The van der Waals surface area contributed by atoms with E-state index < -0.39 is 30.6 Å². The Balaban J connectivity index is 1.91. The molecule has 1 saturated heterocycles. The number of amides is 1. The van der Waals surface area contributed by atoms with Crippen LogP contribution in [-0.4, -0.2) is 63.9 Å². The largest absolute Gasteiger partial charge is 0.477 e. The van der Waals surface area contributed by atoms with Crippen molar-refractivity contribution in [2.45, 2.75) is 25.1 Å². The zero-order valence-corrected chi connectivity index (χ0v) is 11.5. The van der Waals surface area contributed by atoms with Gasteiger partial charge in [-0.1, -0.05) is 0 Å². The highest BCUT2D eigenvalue weighted by Crippen LogP contribution is 2.19. The summed E-state index contributed by atoms with van der Waals surface area (Å²) in [6, 6.07) is 0.655. The first-order valence-corrected chi connectivity index (χ1v) is 6.63. The molecule has 0 spiro atoms. The number of nitrogens with zero attached hydrogens (tertiary/aromatic N) is 2. The normalized spacial score (nSPS) is 19.9. The summed E-state index contributed by atoms with van der Waals surface area (Å²) in [5.41, 5.74) is -0.335. The third-order valence-electron chi connectivity index (χ3n) is 3.28. The van der Waals surface area contributed by atoms with Crippen LogP contribution in [0.3, 0.4) is 0 Å². The number of H-pyrrole nitrogens is 1. The summed E-state index contributed by atoms with van der Waals surface area (Å²) in [6.45, 7) is -0.580. The molecule has 0 aromatic carbocycles. The molecule has 1 fully saturated rings. The second kappa shape index (κ2) is 6.34. The van der Waals surface area contributed by atoms with Gasteiger partial charge >= 0.3 is 12.1 Å². The van der Waals surface area contributed by atoms with E-state index in [4.69, 9.17) is 5.11 Å². The van der Waals surface area contributed by atoms with Gasteiger partial charge in [0.15, 0.2) is 5.69 Å². The standard InChI is InChI=1S/C12H15F3N4O3/c13-12(14,15)6-19-3-1-2-7(5-19)16-10(20)8-4-9(11(21)22)18-17-8/h4,7H,1-3,5-6H2,(H,16,20)(H,17,18)(H,21,22). The molecule has 0 radical (unpaired) electrons. The molecule has 10 heteroatoms. The van der Waals surface area contributed by atoms with E-state index >= 15 is 0 Å². The molecule has 1 amide bonds. The van der Waals surface area contributed by atoms with Crippen molar-refractivity contribution in [2.24, 2.45) is 0 Å². The van der Waals surface area contributed by atoms with Crippen molar-refractivity contribution in [3.63, 3.8) is 0 Å². The molecule has 2 rings (SSSR count). The van der Waals surface area contributed by atoms with Gasteiger partial charge in [-0.2, -0.15) is 18.3 Å². The molecule has 1 atom stereocenters. The minimum absolute atomic E-state index is 0.0987. The molecule has 1 aliphatic rings. The number of aromatic carboxylic acids is 1. The SMILES string of the molecule is O=C(NC1CCCN(CC(F)(F)F)C1)c1cc(C(=O)O)[nH]n1. The highest BCUT2D eigenvalue weighted by Gasteiger charge is 2.33. The molecule has 7 nitrogen and oxygen atoms in total. The molecule has 0 bridgehead atoms. The van der Waals surface area contributed by atoms with Crippen molar-refractivity contribution >= 4 is 11.9 Å². The number of rotatable bonds is 4. The zero-order chi connectivity index (χ0) is 16.3. The fourth-order valence-corrected chi connectivity index (χ4v) is 2.38. The molecule has 1 aliphatic heterocycles. The van der Waals surface area contributed by atoms with Crippen LogP contribution in [0, 0.1) is 0 Å². The van der Waals surface area contributed by atoms with Crippen LogP contribution in [-0.2, 0) is 0 Å². The zero-order valence-electron chi connectivity index (χ0n) is 11.5. The molecule has 1 aromatic heterocycles. The summed E-state index contributed by atoms with van der Waals surface area (Å²) in [7, 11) is 0. The predicted octanol–water partition coefficient (Wildman–Crippen LogP) is 0.864. The van der Waals surface area contributed by atoms with Crippen molar-refractivity contribution in [2.75, 3.05) is 19.6 Å². The van der Waals surface area contributed by atoms with Crippen LogP contribution in [0.15, 0.2) is 6.07 Å². The molecule has 122 valence electrons. The summed E-state index contributed by atoms with van der Waals surface area (Å²) in [5, 5.41) is 17.1. The van der Waals surface area contributed by atoms with Gasteiger partial charge in [0, 0.05) is 18.7 Å². The Labute approximate surface area is 123 Å². The number of alkyl halides is 3. The van der Waals surface area contributed by atoms with Crippen LogP contribution >= 0.6 is 0 Å². The number of hydrogen-bond donors (Lipinski definition) is 3. The molecule has 0 aliphatic carbocycles. The lowest BCUT2D eigenvalue weighted by Gasteiger charge is -2.33. The summed E-state index contributed by atoms with van der Waals surface area (Å²) < 4.78 is 37.1. The number of carbonyl (C=O) groups excluding carboxylic acids is 1. The number of aromatic nitrogens is 2. The molecular weight excluding hydrogens is 305 g/mol. The first-order chi connectivity index (χ1) is 10.2. The maximum atomic E-state index is 12.4. The number of halogens is 3. The van der Waals surface area contributed by atoms with Crippen molar-refractivity contribution in [3.05, 3.63) is 17.5 Å². The second-order valence-corrected chi connectivity index (χ2v) is 5.13. The number of nitrogens with one attached hydrogen (secondary N) is 2. The van der Waals surface area contributed by atoms with Crippen molar-refractivity contribution in [3.8, 4) is 0 Å². The Morgan fingerprint density at radius 3 is 2.82 bits per heavy atom. The third kappa shape index (κ3) is 4.45. The second-order valence-electron chi connectivity index (χ2n) is 5.13. The van der Waals surface area contributed by atoms with Gasteiger partial charge in [0.05, 0.1) is 6.54 Å². The Morgan fingerprint density at radius 1 is 1.50 bits per heavy atom. The van der Waals surface area contributed by atoms with E-state index in [0.29, 0.717) is 19.4 Å².